The van der Waals surface area contributed by atoms with Gasteiger partial charge in [0.15, 0.2) is 0 Å². The van der Waals surface area contributed by atoms with Crippen LogP contribution in [0.4, 0.5) is 14.5 Å². The number of benzene rings is 2. The maximum absolute atomic E-state index is 13.1. The second-order valence-corrected chi connectivity index (χ2v) is 4.87. The Morgan fingerprint density at radius 1 is 0.895 bits per heavy atom. The van der Waals surface area contributed by atoms with E-state index in [9.17, 15) is 8.78 Å². The summed E-state index contributed by atoms with van der Waals surface area (Å²) in [5, 5.41) is 3.11. The summed E-state index contributed by atoms with van der Waals surface area (Å²) < 4.78 is 26.2. The predicted octanol–water partition coefficient (Wildman–Crippen LogP) is 4.75. The Bertz CT molecular complexity index is 573. The van der Waals surface area contributed by atoms with E-state index in [0.717, 1.165) is 11.6 Å². The molecule has 0 saturated heterocycles. The molecule has 0 fully saturated rings. The lowest BCUT2D eigenvalue weighted by Gasteiger charge is -2.17. The molecular weight excluding hydrogens is 244 g/mol. The van der Waals surface area contributed by atoms with Crippen LogP contribution in [-0.4, -0.2) is 0 Å². The van der Waals surface area contributed by atoms with Gasteiger partial charge in [0.25, 0.3) is 0 Å². The first kappa shape index (κ1) is 13.5. The van der Waals surface area contributed by atoms with E-state index in [1.807, 2.05) is 19.9 Å². The molecule has 1 N–H and O–H groups in total. The standard InChI is InChI=1S/C16H17F2N/c1-10-4-5-13(6-11(10)2)12(3)19-16-8-14(17)7-15(18)9-16/h4-9,12,19H,1-3H3. The summed E-state index contributed by atoms with van der Waals surface area (Å²) >= 11 is 0. The molecule has 0 radical (unpaired) electrons. The van der Waals surface area contributed by atoms with Crippen molar-refractivity contribution in [3.05, 3.63) is 64.7 Å². The average molecular weight is 261 g/mol. The quantitative estimate of drug-likeness (QED) is 0.840. The van der Waals surface area contributed by atoms with Gasteiger partial charge in [-0.05, 0) is 49.6 Å². The van der Waals surface area contributed by atoms with Crippen molar-refractivity contribution >= 4 is 5.69 Å². The van der Waals surface area contributed by atoms with E-state index in [1.165, 1.54) is 23.3 Å². The predicted molar refractivity (Wildman–Crippen MR) is 74.3 cm³/mol. The molecule has 2 rings (SSSR count). The zero-order valence-corrected chi connectivity index (χ0v) is 11.3. The highest BCUT2D eigenvalue weighted by Gasteiger charge is 2.08. The Labute approximate surface area is 112 Å². The van der Waals surface area contributed by atoms with E-state index in [1.54, 1.807) is 0 Å². The summed E-state index contributed by atoms with van der Waals surface area (Å²) in [4.78, 5) is 0. The monoisotopic (exact) mass is 261 g/mol. The van der Waals surface area contributed by atoms with Crippen molar-refractivity contribution in [3.8, 4) is 0 Å². The van der Waals surface area contributed by atoms with Crippen molar-refractivity contribution in [2.45, 2.75) is 26.8 Å². The van der Waals surface area contributed by atoms with E-state index in [0.29, 0.717) is 5.69 Å². The normalized spacial score (nSPS) is 12.3. The molecule has 1 atom stereocenters. The summed E-state index contributed by atoms with van der Waals surface area (Å²) in [6.07, 6.45) is 0. The Balaban J connectivity index is 2.20. The third kappa shape index (κ3) is 3.31. The van der Waals surface area contributed by atoms with Crippen LogP contribution in [0.5, 0.6) is 0 Å². The average Bonchev–Trinajstić information content (AvgIpc) is 2.31. The van der Waals surface area contributed by atoms with Gasteiger partial charge in [0, 0.05) is 17.8 Å². The fraction of sp³-hybridized carbons (Fsp3) is 0.250. The van der Waals surface area contributed by atoms with Crippen LogP contribution < -0.4 is 5.32 Å². The van der Waals surface area contributed by atoms with Crippen molar-refractivity contribution < 1.29 is 8.78 Å². The minimum atomic E-state index is -0.574. The third-order valence-corrected chi connectivity index (χ3v) is 3.28. The molecule has 0 amide bonds. The molecule has 0 aromatic heterocycles. The molecule has 2 aromatic rings. The van der Waals surface area contributed by atoms with E-state index in [4.69, 9.17) is 0 Å². The van der Waals surface area contributed by atoms with Crippen LogP contribution in [0.2, 0.25) is 0 Å². The molecule has 2 aromatic carbocycles. The van der Waals surface area contributed by atoms with Gasteiger partial charge in [-0.1, -0.05) is 18.2 Å². The van der Waals surface area contributed by atoms with Crippen molar-refractivity contribution in [2.75, 3.05) is 5.32 Å². The minimum Gasteiger partial charge on any atom is -0.378 e. The number of anilines is 1. The number of halogens is 2. The highest BCUT2D eigenvalue weighted by atomic mass is 19.1. The minimum absolute atomic E-state index is 0.0134. The summed E-state index contributed by atoms with van der Waals surface area (Å²) in [6, 6.07) is 9.60. The van der Waals surface area contributed by atoms with Gasteiger partial charge in [-0.15, -0.1) is 0 Å². The van der Waals surface area contributed by atoms with Crippen molar-refractivity contribution in [1.29, 1.82) is 0 Å². The first-order valence-corrected chi connectivity index (χ1v) is 6.25. The molecule has 0 aliphatic rings. The third-order valence-electron chi connectivity index (χ3n) is 3.28. The van der Waals surface area contributed by atoms with Crippen LogP contribution in [0.1, 0.15) is 29.7 Å². The smallest absolute Gasteiger partial charge is 0.128 e. The van der Waals surface area contributed by atoms with Gasteiger partial charge >= 0.3 is 0 Å². The number of hydrogen-bond donors (Lipinski definition) is 1. The molecule has 0 aliphatic carbocycles. The molecule has 0 aliphatic heterocycles. The second kappa shape index (κ2) is 5.39. The topological polar surface area (TPSA) is 12.0 Å². The fourth-order valence-corrected chi connectivity index (χ4v) is 2.00. The maximum atomic E-state index is 13.1. The van der Waals surface area contributed by atoms with E-state index in [-0.39, 0.29) is 6.04 Å². The van der Waals surface area contributed by atoms with Gasteiger partial charge in [-0.2, -0.15) is 0 Å². The second-order valence-electron chi connectivity index (χ2n) is 4.87. The maximum Gasteiger partial charge on any atom is 0.128 e. The van der Waals surface area contributed by atoms with Crippen LogP contribution in [-0.2, 0) is 0 Å². The van der Waals surface area contributed by atoms with Crippen LogP contribution in [0.3, 0.4) is 0 Å². The Morgan fingerprint density at radius 2 is 1.53 bits per heavy atom. The SMILES string of the molecule is Cc1ccc(C(C)Nc2cc(F)cc(F)c2)cc1C. The van der Waals surface area contributed by atoms with E-state index < -0.39 is 11.6 Å². The van der Waals surface area contributed by atoms with Crippen molar-refractivity contribution in [2.24, 2.45) is 0 Å². The Hall–Kier alpha value is -1.90. The lowest BCUT2D eigenvalue weighted by atomic mass is 10.0. The Kier molecular flexibility index (Phi) is 3.84. The summed E-state index contributed by atoms with van der Waals surface area (Å²) in [6.45, 7) is 6.07. The van der Waals surface area contributed by atoms with E-state index in [2.05, 4.69) is 24.4 Å². The van der Waals surface area contributed by atoms with Gasteiger partial charge in [-0.3, -0.25) is 0 Å². The van der Waals surface area contributed by atoms with Crippen molar-refractivity contribution in [3.63, 3.8) is 0 Å². The van der Waals surface area contributed by atoms with Crippen molar-refractivity contribution in [1.82, 2.24) is 0 Å². The summed E-state index contributed by atoms with van der Waals surface area (Å²) in [7, 11) is 0. The summed E-state index contributed by atoms with van der Waals surface area (Å²) in [5.74, 6) is -1.15. The molecule has 1 nitrogen and oxygen atoms in total. The molecule has 1 unspecified atom stereocenters. The highest BCUT2D eigenvalue weighted by molar-refractivity contribution is 5.46. The molecule has 100 valence electrons. The number of rotatable bonds is 3. The zero-order chi connectivity index (χ0) is 14.0. The Morgan fingerprint density at radius 3 is 2.11 bits per heavy atom. The van der Waals surface area contributed by atoms with Crippen LogP contribution >= 0.6 is 0 Å². The number of aryl methyl sites for hydroxylation is 2. The first-order chi connectivity index (χ1) is 8.95. The van der Waals surface area contributed by atoms with Crippen LogP contribution in [0.25, 0.3) is 0 Å². The van der Waals surface area contributed by atoms with Gasteiger partial charge in [-0.25, -0.2) is 8.78 Å². The lowest BCUT2D eigenvalue weighted by molar-refractivity contribution is 0.583. The lowest BCUT2D eigenvalue weighted by Crippen LogP contribution is -2.07. The largest absolute Gasteiger partial charge is 0.378 e. The molecular formula is C16H17F2N. The van der Waals surface area contributed by atoms with Crippen LogP contribution in [0, 0.1) is 25.5 Å². The van der Waals surface area contributed by atoms with Crippen LogP contribution in [0.15, 0.2) is 36.4 Å². The first-order valence-electron chi connectivity index (χ1n) is 6.25. The van der Waals surface area contributed by atoms with Gasteiger partial charge in [0.1, 0.15) is 11.6 Å². The molecule has 3 heteroatoms. The molecule has 0 heterocycles. The molecule has 0 saturated carbocycles. The molecule has 0 spiro atoms. The van der Waals surface area contributed by atoms with E-state index >= 15 is 0 Å². The summed E-state index contributed by atoms with van der Waals surface area (Å²) in [5.41, 5.74) is 3.97. The van der Waals surface area contributed by atoms with Gasteiger partial charge < -0.3 is 5.32 Å². The molecule has 19 heavy (non-hydrogen) atoms. The van der Waals surface area contributed by atoms with Gasteiger partial charge in [0.05, 0.1) is 0 Å². The zero-order valence-electron chi connectivity index (χ0n) is 11.3. The highest BCUT2D eigenvalue weighted by Crippen LogP contribution is 2.22. The number of nitrogens with one attached hydrogen (secondary N) is 1. The van der Waals surface area contributed by atoms with Gasteiger partial charge in [0.2, 0.25) is 0 Å². The number of hydrogen-bond acceptors (Lipinski definition) is 1. The fourth-order valence-electron chi connectivity index (χ4n) is 2.00. The molecule has 0 bridgehead atoms.